The molecule has 2 aromatic carbocycles. The van der Waals surface area contributed by atoms with Crippen LogP contribution in [0.15, 0.2) is 52.1 Å². The van der Waals surface area contributed by atoms with Crippen molar-refractivity contribution < 1.29 is 9.53 Å². The first kappa shape index (κ1) is 20.3. The van der Waals surface area contributed by atoms with Crippen molar-refractivity contribution in [1.29, 1.82) is 0 Å². The molecule has 1 aromatic heterocycles. The summed E-state index contributed by atoms with van der Waals surface area (Å²) in [5.74, 6) is 0.888. The summed E-state index contributed by atoms with van der Waals surface area (Å²) in [6.45, 7) is 2.51. The smallest absolute Gasteiger partial charge is 0.233 e. The molecule has 9 heteroatoms. The number of amides is 1. The van der Waals surface area contributed by atoms with E-state index in [-0.39, 0.29) is 11.7 Å². The molecule has 7 nitrogen and oxygen atoms in total. The van der Waals surface area contributed by atoms with Crippen molar-refractivity contribution in [2.75, 3.05) is 19.9 Å². The number of carbonyl (C=O) groups is 1. The number of thioether (sulfide) groups is 1. The van der Waals surface area contributed by atoms with Crippen molar-refractivity contribution in [3.8, 4) is 11.4 Å². The zero-order valence-corrected chi connectivity index (χ0v) is 18.2. The highest BCUT2D eigenvalue weighted by molar-refractivity contribution is 9.10. The van der Waals surface area contributed by atoms with Crippen molar-refractivity contribution in [1.82, 2.24) is 25.1 Å². The molecule has 28 heavy (non-hydrogen) atoms. The number of methoxy groups -OCH3 is 1. The number of benzene rings is 2. The van der Waals surface area contributed by atoms with Crippen LogP contribution in [0.3, 0.4) is 0 Å². The molecular weight excluding hydrogens is 442 g/mol. The SMILES string of the molecule is COc1ccc(C)cc1-n1nnnc1SCC(=O)N(C)Cc1ccccc1Br. The van der Waals surface area contributed by atoms with Gasteiger partial charge >= 0.3 is 0 Å². The Balaban J connectivity index is 1.69. The van der Waals surface area contributed by atoms with Gasteiger partial charge in [-0.3, -0.25) is 4.79 Å². The molecule has 0 aliphatic rings. The van der Waals surface area contributed by atoms with Gasteiger partial charge in [0, 0.05) is 18.1 Å². The van der Waals surface area contributed by atoms with Crippen LogP contribution < -0.4 is 4.74 Å². The Kier molecular flexibility index (Phi) is 6.69. The molecule has 3 aromatic rings. The lowest BCUT2D eigenvalue weighted by molar-refractivity contribution is -0.127. The number of tetrazole rings is 1. The van der Waals surface area contributed by atoms with Crippen molar-refractivity contribution >= 4 is 33.6 Å². The average molecular weight is 462 g/mol. The predicted molar refractivity (Wildman–Crippen MR) is 112 cm³/mol. The van der Waals surface area contributed by atoms with Crippen molar-refractivity contribution in [3.63, 3.8) is 0 Å². The third kappa shape index (κ3) is 4.71. The number of halogens is 1. The van der Waals surface area contributed by atoms with Crippen LogP contribution in [-0.2, 0) is 11.3 Å². The summed E-state index contributed by atoms with van der Waals surface area (Å²) in [5.41, 5.74) is 2.85. The fraction of sp³-hybridized carbons (Fsp3) is 0.263. The number of aromatic nitrogens is 4. The molecule has 0 N–H and O–H groups in total. The zero-order valence-electron chi connectivity index (χ0n) is 15.8. The summed E-state index contributed by atoms with van der Waals surface area (Å²) in [6.07, 6.45) is 0. The third-order valence-electron chi connectivity index (χ3n) is 4.12. The van der Waals surface area contributed by atoms with Gasteiger partial charge in [-0.2, -0.15) is 4.68 Å². The Bertz CT molecular complexity index is 978. The lowest BCUT2D eigenvalue weighted by Gasteiger charge is -2.18. The minimum Gasteiger partial charge on any atom is -0.494 e. The Morgan fingerprint density at radius 3 is 2.82 bits per heavy atom. The lowest BCUT2D eigenvalue weighted by atomic mass is 10.2. The maximum absolute atomic E-state index is 12.6. The van der Waals surface area contributed by atoms with Gasteiger partial charge in [-0.15, -0.1) is 5.10 Å². The summed E-state index contributed by atoms with van der Waals surface area (Å²) in [7, 11) is 3.39. The van der Waals surface area contributed by atoms with Crippen molar-refractivity contribution in [3.05, 3.63) is 58.1 Å². The van der Waals surface area contributed by atoms with Crippen LogP contribution in [0.1, 0.15) is 11.1 Å². The first-order chi connectivity index (χ1) is 13.5. The predicted octanol–water partition coefficient (Wildman–Crippen LogP) is 3.49. The van der Waals surface area contributed by atoms with Gasteiger partial charge in [0.2, 0.25) is 11.1 Å². The van der Waals surface area contributed by atoms with E-state index >= 15 is 0 Å². The number of carbonyl (C=O) groups excluding carboxylic acids is 1. The molecule has 0 atom stereocenters. The van der Waals surface area contributed by atoms with Gasteiger partial charge in [0.15, 0.2) is 0 Å². The van der Waals surface area contributed by atoms with Gasteiger partial charge in [0.1, 0.15) is 11.4 Å². The minimum absolute atomic E-state index is 0.00786. The zero-order chi connectivity index (χ0) is 20.1. The standard InChI is InChI=1S/C19H20BrN5O2S/c1-13-8-9-17(27-3)16(10-13)25-19(21-22-23-25)28-12-18(26)24(2)11-14-6-4-5-7-15(14)20/h4-10H,11-12H2,1-3H3. The lowest BCUT2D eigenvalue weighted by Crippen LogP contribution is -2.28. The quantitative estimate of drug-likeness (QED) is 0.501. The molecule has 3 rings (SSSR count). The number of hydrogen-bond donors (Lipinski definition) is 0. The van der Waals surface area contributed by atoms with E-state index < -0.39 is 0 Å². The summed E-state index contributed by atoms with van der Waals surface area (Å²) in [6, 6.07) is 13.6. The molecule has 0 unspecified atom stereocenters. The van der Waals surface area contributed by atoms with Gasteiger partial charge in [-0.25, -0.2) is 0 Å². The molecule has 0 radical (unpaired) electrons. The van der Waals surface area contributed by atoms with E-state index in [0.29, 0.717) is 17.5 Å². The van der Waals surface area contributed by atoms with E-state index in [0.717, 1.165) is 21.3 Å². The van der Waals surface area contributed by atoms with Crippen LogP contribution in [0.4, 0.5) is 0 Å². The maximum Gasteiger partial charge on any atom is 0.233 e. The largest absolute Gasteiger partial charge is 0.494 e. The Morgan fingerprint density at radius 2 is 2.07 bits per heavy atom. The van der Waals surface area contributed by atoms with Crippen LogP contribution in [0.2, 0.25) is 0 Å². The summed E-state index contributed by atoms with van der Waals surface area (Å²) < 4.78 is 7.99. The summed E-state index contributed by atoms with van der Waals surface area (Å²) >= 11 is 4.81. The second-order valence-corrected chi connectivity index (χ2v) is 7.98. The Morgan fingerprint density at radius 1 is 1.29 bits per heavy atom. The fourth-order valence-corrected chi connectivity index (χ4v) is 3.83. The minimum atomic E-state index is -0.00786. The van der Waals surface area contributed by atoms with Gasteiger partial charge < -0.3 is 9.64 Å². The first-order valence-corrected chi connectivity index (χ1v) is 10.3. The molecule has 0 saturated heterocycles. The van der Waals surface area contributed by atoms with Gasteiger partial charge in [-0.05, 0) is 46.7 Å². The van der Waals surface area contributed by atoms with Crippen LogP contribution in [0, 0.1) is 6.92 Å². The van der Waals surface area contributed by atoms with Crippen molar-refractivity contribution in [2.45, 2.75) is 18.6 Å². The number of aryl methyl sites for hydroxylation is 1. The van der Waals surface area contributed by atoms with E-state index in [9.17, 15) is 4.79 Å². The van der Waals surface area contributed by atoms with Crippen molar-refractivity contribution in [2.24, 2.45) is 0 Å². The van der Waals surface area contributed by atoms with E-state index in [4.69, 9.17) is 4.74 Å². The topological polar surface area (TPSA) is 73.1 Å². The molecule has 0 saturated carbocycles. The number of hydrogen-bond acceptors (Lipinski definition) is 6. The molecule has 1 heterocycles. The van der Waals surface area contributed by atoms with Gasteiger partial charge in [0.25, 0.3) is 0 Å². The molecule has 0 fully saturated rings. The van der Waals surface area contributed by atoms with Crippen LogP contribution >= 0.6 is 27.7 Å². The fourth-order valence-electron chi connectivity index (χ4n) is 2.59. The van der Waals surface area contributed by atoms with E-state index in [1.165, 1.54) is 11.8 Å². The normalized spacial score (nSPS) is 10.7. The molecule has 0 spiro atoms. The number of ether oxygens (including phenoxy) is 1. The number of nitrogens with zero attached hydrogens (tertiary/aromatic N) is 5. The van der Waals surface area contributed by atoms with E-state index in [1.807, 2.05) is 49.4 Å². The van der Waals surface area contributed by atoms with Crippen LogP contribution in [-0.4, -0.2) is 50.9 Å². The average Bonchev–Trinajstić information content (AvgIpc) is 3.16. The number of rotatable bonds is 7. The Labute approximate surface area is 176 Å². The van der Waals surface area contributed by atoms with Gasteiger partial charge in [-0.1, -0.05) is 52.0 Å². The summed E-state index contributed by atoms with van der Waals surface area (Å²) in [5, 5.41) is 12.4. The highest BCUT2D eigenvalue weighted by Crippen LogP contribution is 2.27. The second kappa shape index (κ2) is 9.20. The second-order valence-electron chi connectivity index (χ2n) is 6.18. The van der Waals surface area contributed by atoms with E-state index in [1.54, 1.807) is 23.7 Å². The molecule has 146 valence electrons. The molecule has 1 amide bonds. The molecule has 0 aliphatic heterocycles. The highest BCUT2D eigenvalue weighted by atomic mass is 79.9. The molecule has 0 aliphatic carbocycles. The monoisotopic (exact) mass is 461 g/mol. The first-order valence-electron chi connectivity index (χ1n) is 8.53. The van der Waals surface area contributed by atoms with Crippen LogP contribution in [0.25, 0.3) is 5.69 Å². The molecule has 0 bridgehead atoms. The summed E-state index contributed by atoms with van der Waals surface area (Å²) in [4.78, 5) is 14.3. The molecular formula is C19H20BrN5O2S. The third-order valence-corrected chi connectivity index (χ3v) is 5.80. The van der Waals surface area contributed by atoms with E-state index in [2.05, 4.69) is 31.5 Å². The highest BCUT2D eigenvalue weighted by Gasteiger charge is 2.17. The van der Waals surface area contributed by atoms with Gasteiger partial charge in [0.05, 0.1) is 12.9 Å². The Hall–Kier alpha value is -2.39. The maximum atomic E-state index is 12.6. The van der Waals surface area contributed by atoms with Crippen LogP contribution in [0.5, 0.6) is 5.75 Å².